The number of aliphatic hydroxyl groups is 1. The molecule has 2 aromatic rings. The van der Waals surface area contributed by atoms with Gasteiger partial charge in [0.2, 0.25) is 0 Å². The van der Waals surface area contributed by atoms with Crippen molar-refractivity contribution in [1.82, 2.24) is 14.7 Å². The second-order valence-corrected chi connectivity index (χ2v) is 5.84. The molecule has 7 heteroatoms. The van der Waals surface area contributed by atoms with E-state index < -0.39 is 17.1 Å². The number of fused-ring (bicyclic) bond motifs is 1. The monoisotopic (exact) mass is 295 g/mol. The van der Waals surface area contributed by atoms with Gasteiger partial charge in [0.05, 0.1) is 5.60 Å². The van der Waals surface area contributed by atoms with Crippen LogP contribution in [0.3, 0.4) is 0 Å². The molecule has 108 valence electrons. The van der Waals surface area contributed by atoms with Crippen LogP contribution in [0.4, 0.5) is 0 Å². The van der Waals surface area contributed by atoms with Crippen molar-refractivity contribution in [2.75, 3.05) is 6.54 Å². The van der Waals surface area contributed by atoms with Gasteiger partial charge >= 0.3 is 0 Å². The molecule has 2 aromatic heterocycles. The molecule has 0 radical (unpaired) electrons. The van der Waals surface area contributed by atoms with Crippen LogP contribution in [0.15, 0.2) is 22.6 Å². The zero-order valence-corrected chi connectivity index (χ0v) is 12.2. The highest BCUT2D eigenvalue weighted by molar-refractivity contribution is 7.15. The maximum absolute atomic E-state index is 12.1. The summed E-state index contributed by atoms with van der Waals surface area (Å²) in [5.41, 5.74) is -1.39. The second-order valence-electron chi connectivity index (χ2n) is 4.96. The number of nitrogens with one attached hydrogen (secondary N) is 1. The van der Waals surface area contributed by atoms with E-state index in [0.717, 1.165) is 6.42 Å². The Bertz CT molecular complexity index is 675. The summed E-state index contributed by atoms with van der Waals surface area (Å²) in [6, 6.07) is 0. The van der Waals surface area contributed by atoms with E-state index in [1.54, 1.807) is 18.5 Å². The Hall–Kier alpha value is -1.73. The Morgan fingerprint density at radius 3 is 3.05 bits per heavy atom. The van der Waals surface area contributed by atoms with Crippen LogP contribution in [0.2, 0.25) is 0 Å². The van der Waals surface area contributed by atoms with Gasteiger partial charge in [-0.1, -0.05) is 13.3 Å². The molecule has 1 unspecified atom stereocenters. The minimum atomic E-state index is -0.972. The van der Waals surface area contributed by atoms with Crippen molar-refractivity contribution in [3.8, 4) is 0 Å². The van der Waals surface area contributed by atoms with Crippen LogP contribution in [0, 0.1) is 0 Å². The Morgan fingerprint density at radius 2 is 2.35 bits per heavy atom. The molecule has 2 heterocycles. The van der Waals surface area contributed by atoms with Gasteiger partial charge in [-0.25, -0.2) is 4.98 Å². The molecule has 2 N–H and O–H groups in total. The van der Waals surface area contributed by atoms with Crippen LogP contribution in [0.1, 0.15) is 37.0 Å². The van der Waals surface area contributed by atoms with Crippen molar-refractivity contribution >= 4 is 22.2 Å². The molecule has 0 aliphatic carbocycles. The van der Waals surface area contributed by atoms with Crippen molar-refractivity contribution in [2.45, 2.75) is 32.3 Å². The predicted octanol–water partition coefficient (Wildman–Crippen LogP) is 1.04. The summed E-state index contributed by atoms with van der Waals surface area (Å²) in [5.74, 6) is -0.514. The quantitative estimate of drug-likeness (QED) is 0.863. The van der Waals surface area contributed by atoms with Crippen molar-refractivity contribution in [3.05, 3.63) is 33.7 Å². The Morgan fingerprint density at radius 1 is 1.60 bits per heavy atom. The lowest BCUT2D eigenvalue weighted by molar-refractivity contribution is 0.0469. The number of rotatable bonds is 5. The second kappa shape index (κ2) is 5.72. The fourth-order valence-electron chi connectivity index (χ4n) is 1.97. The minimum absolute atomic E-state index is 0.0202. The van der Waals surface area contributed by atoms with E-state index in [1.807, 2.05) is 6.92 Å². The first kappa shape index (κ1) is 14.7. The summed E-state index contributed by atoms with van der Waals surface area (Å²) in [5, 5.41) is 14.3. The highest BCUT2D eigenvalue weighted by Gasteiger charge is 2.21. The van der Waals surface area contributed by atoms with E-state index in [2.05, 4.69) is 10.3 Å². The minimum Gasteiger partial charge on any atom is -0.388 e. The van der Waals surface area contributed by atoms with Crippen LogP contribution >= 0.6 is 11.3 Å². The summed E-state index contributed by atoms with van der Waals surface area (Å²) >= 11 is 1.33. The van der Waals surface area contributed by atoms with Crippen LogP contribution in [-0.2, 0) is 0 Å². The highest BCUT2D eigenvalue weighted by atomic mass is 32.1. The number of aromatic nitrogens is 2. The molecular weight excluding hydrogens is 278 g/mol. The predicted molar refractivity (Wildman–Crippen MR) is 77.2 cm³/mol. The number of thiazole rings is 1. The first-order valence-electron chi connectivity index (χ1n) is 6.40. The molecule has 2 rings (SSSR count). The molecule has 0 saturated heterocycles. The third-order valence-electron chi connectivity index (χ3n) is 3.01. The summed E-state index contributed by atoms with van der Waals surface area (Å²) in [6.45, 7) is 3.71. The topological polar surface area (TPSA) is 83.7 Å². The smallest absolute Gasteiger partial charge is 0.271 e. The van der Waals surface area contributed by atoms with Crippen LogP contribution in [0.5, 0.6) is 0 Å². The van der Waals surface area contributed by atoms with E-state index in [9.17, 15) is 14.7 Å². The standard InChI is InChI=1S/C13H17N3O3S/c1-3-4-13(2,19)8-15-10(17)9-7-14-12-16(11(9)18)5-6-20-12/h5-7,19H,3-4,8H2,1-2H3,(H,15,17). The maximum atomic E-state index is 12.1. The van der Waals surface area contributed by atoms with Gasteiger partial charge in [0, 0.05) is 24.3 Å². The lowest BCUT2D eigenvalue weighted by atomic mass is 10.0. The van der Waals surface area contributed by atoms with Gasteiger partial charge in [-0.2, -0.15) is 0 Å². The maximum Gasteiger partial charge on any atom is 0.271 e. The molecular formula is C13H17N3O3S. The fraction of sp³-hybridized carbons (Fsp3) is 0.462. The van der Waals surface area contributed by atoms with Gasteiger partial charge in [-0.15, -0.1) is 11.3 Å². The van der Waals surface area contributed by atoms with Gasteiger partial charge in [0.15, 0.2) is 4.96 Å². The molecule has 1 amide bonds. The van der Waals surface area contributed by atoms with E-state index in [-0.39, 0.29) is 12.1 Å². The van der Waals surface area contributed by atoms with Gasteiger partial charge < -0.3 is 10.4 Å². The Kier molecular flexibility index (Phi) is 4.20. The molecule has 0 aliphatic heterocycles. The van der Waals surface area contributed by atoms with Crippen molar-refractivity contribution in [3.63, 3.8) is 0 Å². The Labute approximate surface area is 120 Å². The number of hydrogen-bond acceptors (Lipinski definition) is 5. The summed E-state index contributed by atoms with van der Waals surface area (Å²) in [7, 11) is 0. The Balaban J connectivity index is 2.16. The molecule has 0 saturated carbocycles. The summed E-state index contributed by atoms with van der Waals surface area (Å²) < 4.78 is 1.34. The van der Waals surface area contributed by atoms with E-state index in [0.29, 0.717) is 11.4 Å². The molecule has 20 heavy (non-hydrogen) atoms. The first-order valence-corrected chi connectivity index (χ1v) is 7.28. The van der Waals surface area contributed by atoms with Crippen LogP contribution < -0.4 is 10.9 Å². The van der Waals surface area contributed by atoms with E-state index in [1.165, 1.54) is 21.9 Å². The summed E-state index contributed by atoms with van der Waals surface area (Å²) in [6.07, 6.45) is 4.25. The zero-order valence-electron chi connectivity index (χ0n) is 11.4. The zero-order chi connectivity index (χ0) is 14.8. The molecule has 0 aliphatic rings. The van der Waals surface area contributed by atoms with Gasteiger partial charge in [0.25, 0.3) is 11.5 Å². The molecule has 1 atom stereocenters. The van der Waals surface area contributed by atoms with E-state index >= 15 is 0 Å². The molecule has 0 aromatic carbocycles. The average molecular weight is 295 g/mol. The number of amides is 1. The fourth-order valence-corrected chi connectivity index (χ4v) is 2.65. The van der Waals surface area contributed by atoms with Crippen LogP contribution in [0.25, 0.3) is 4.96 Å². The third-order valence-corrected chi connectivity index (χ3v) is 3.78. The van der Waals surface area contributed by atoms with Crippen molar-refractivity contribution in [1.29, 1.82) is 0 Å². The summed E-state index contributed by atoms with van der Waals surface area (Å²) in [4.78, 5) is 28.7. The highest BCUT2D eigenvalue weighted by Crippen LogP contribution is 2.10. The number of carbonyl (C=O) groups excluding carboxylic acids is 1. The molecule has 0 fully saturated rings. The number of hydrogen-bond donors (Lipinski definition) is 2. The lowest BCUT2D eigenvalue weighted by Gasteiger charge is -2.22. The number of carbonyl (C=O) groups is 1. The van der Waals surface area contributed by atoms with Crippen molar-refractivity contribution < 1.29 is 9.90 Å². The molecule has 6 nitrogen and oxygen atoms in total. The lowest BCUT2D eigenvalue weighted by Crippen LogP contribution is -2.42. The SMILES string of the molecule is CCCC(C)(O)CNC(=O)c1cnc2sccn2c1=O. The van der Waals surface area contributed by atoms with Gasteiger partial charge in [0.1, 0.15) is 5.56 Å². The van der Waals surface area contributed by atoms with Gasteiger partial charge in [-0.3, -0.25) is 14.0 Å². The average Bonchev–Trinajstić information content (AvgIpc) is 2.86. The van der Waals surface area contributed by atoms with Gasteiger partial charge in [-0.05, 0) is 13.3 Å². The molecule has 0 spiro atoms. The third kappa shape index (κ3) is 3.05. The first-order chi connectivity index (χ1) is 9.44. The van der Waals surface area contributed by atoms with Crippen molar-refractivity contribution in [2.24, 2.45) is 0 Å². The number of nitrogens with zero attached hydrogens (tertiary/aromatic N) is 2. The van der Waals surface area contributed by atoms with E-state index in [4.69, 9.17) is 0 Å². The molecule has 0 bridgehead atoms. The largest absolute Gasteiger partial charge is 0.388 e. The van der Waals surface area contributed by atoms with Crippen LogP contribution in [-0.4, -0.2) is 32.5 Å². The normalized spacial score (nSPS) is 14.2.